The zero-order chi connectivity index (χ0) is 38.7. The van der Waals surface area contributed by atoms with Crippen LogP contribution in [0.2, 0.25) is 0 Å². The first-order chi connectivity index (χ1) is 24.8. The predicted octanol–water partition coefficient (Wildman–Crippen LogP) is 3.98. The van der Waals surface area contributed by atoms with Crippen molar-refractivity contribution in [3.05, 3.63) is 34.9 Å². The van der Waals surface area contributed by atoms with Gasteiger partial charge < -0.3 is 25.4 Å². The van der Waals surface area contributed by atoms with E-state index in [-0.39, 0.29) is 50.2 Å². The number of nitrogens with two attached hydrogens (primary N) is 1. The lowest BCUT2D eigenvalue weighted by Crippen LogP contribution is -2.61. The number of nitrogens with one attached hydrogen (secondary N) is 1. The van der Waals surface area contributed by atoms with Crippen molar-refractivity contribution in [2.75, 3.05) is 13.2 Å². The highest BCUT2D eigenvalue weighted by Crippen LogP contribution is 2.46. The fraction of sp³-hybridized carbons (Fsp3) is 0.711. The molecule has 3 N–H and O–H groups in total. The van der Waals surface area contributed by atoms with Gasteiger partial charge in [-0.05, 0) is 72.0 Å². The molecule has 292 valence electrons. The number of ether oxygens (including phenoxy) is 2. The Morgan fingerprint density at radius 1 is 1.08 bits per heavy atom. The maximum absolute atomic E-state index is 14.6. The lowest BCUT2D eigenvalue weighted by atomic mass is 9.85. The minimum absolute atomic E-state index is 0.109. The summed E-state index contributed by atoms with van der Waals surface area (Å²) >= 11 is 0. The molecule has 0 aromatic heterocycles. The Bertz CT molecular complexity index is 1770. The number of hydrogen-bond acceptors (Lipinski definition) is 10. The zero-order valence-corrected chi connectivity index (χ0v) is 32.6. The van der Waals surface area contributed by atoms with E-state index in [4.69, 9.17) is 15.2 Å². The number of alkyl carbamates (subject to hydrolysis) is 1. The monoisotopic (exact) mass is 757 g/mol. The third-order valence-electron chi connectivity index (χ3n) is 11.6. The maximum atomic E-state index is 14.6. The summed E-state index contributed by atoms with van der Waals surface area (Å²) in [5, 5.41) is 1.79. The number of imide groups is 1. The van der Waals surface area contributed by atoms with Crippen LogP contribution in [0.4, 0.5) is 9.59 Å². The molecule has 0 spiro atoms. The molecular formula is C38H55N5O9S. The number of carbonyl (C=O) groups is 5. The van der Waals surface area contributed by atoms with Gasteiger partial charge in [-0.15, -0.1) is 0 Å². The van der Waals surface area contributed by atoms with E-state index in [1.165, 1.54) is 0 Å². The number of amides is 5. The Morgan fingerprint density at radius 2 is 1.77 bits per heavy atom. The van der Waals surface area contributed by atoms with E-state index in [1.807, 2.05) is 32.9 Å². The number of nitrogens with zero attached hydrogens (tertiary/aromatic N) is 3. The van der Waals surface area contributed by atoms with Crippen LogP contribution in [0.15, 0.2) is 18.2 Å². The molecule has 0 unspecified atom stereocenters. The van der Waals surface area contributed by atoms with Crippen LogP contribution in [0.1, 0.15) is 110 Å². The van der Waals surface area contributed by atoms with Gasteiger partial charge in [-0.1, -0.05) is 72.6 Å². The predicted molar refractivity (Wildman–Crippen MR) is 194 cm³/mol. The summed E-state index contributed by atoms with van der Waals surface area (Å²) in [5.74, 6) is -3.12. The smallest absolute Gasteiger partial charge is 0.410 e. The first kappa shape index (κ1) is 39.0. The molecule has 2 aliphatic carbocycles. The van der Waals surface area contributed by atoms with Crippen molar-refractivity contribution < 1.29 is 41.9 Å². The molecule has 6 rings (SSSR count). The quantitative estimate of drug-likeness (QED) is 0.417. The first-order valence-electron chi connectivity index (χ1n) is 19.0. The lowest BCUT2D eigenvalue weighted by molar-refractivity contribution is -0.148. The van der Waals surface area contributed by atoms with Crippen molar-refractivity contribution in [1.29, 1.82) is 0 Å². The second kappa shape index (κ2) is 14.2. The fourth-order valence-electron chi connectivity index (χ4n) is 7.96. The largest absolute Gasteiger partial charge is 0.449 e. The molecule has 3 heterocycles. The summed E-state index contributed by atoms with van der Waals surface area (Å²) in [7, 11) is -4.45. The Labute approximate surface area is 312 Å². The van der Waals surface area contributed by atoms with Gasteiger partial charge in [0.1, 0.15) is 23.7 Å². The van der Waals surface area contributed by atoms with Crippen LogP contribution in [0.25, 0.3) is 0 Å². The number of aryl methyl sites for hydroxylation is 1. The summed E-state index contributed by atoms with van der Waals surface area (Å²) in [5.41, 5.74) is 6.90. The standard InChI is InChI=1S/C38H55N5O9S/c1-7-25-18-38(25,39)33(46)43(53(49,50)27-14-15-27)31(44)29-17-26-20-42(29)32(45)30(36(2,3)4)40-34(47)51-22-37(5,6)16-9-8-11-23-12-10-13-24-19-41(21-28(23)24)35(48)52-26/h10,12-13,25-27,29-30H,7-9,11,14-22,39H2,1-6H3,(H,40,47)/t25-,26-,29+,30-,38-/m1/s1. The van der Waals surface area contributed by atoms with Gasteiger partial charge in [-0.3, -0.25) is 19.3 Å². The molecule has 2 saturated carbocycles. The van der Waals surface area contributed by atoms with E-state index < -0.39 is 74.3 Å². The van der Waals surface area contributed by atoms with Crippen molar-refractivity contribution in [2.45, 2.75) is 141 Å². The van der Waals surface area contributed by atoms with Crippen LogP contribution in [0.3, 0.4) is 0 Å². The van der Waals surface area contributed by atoms with Crippen molar-refractivity contribution in [3.63, 3.8) is 0 Å². The Balaban J connectivity index is 1.35. The molecule has 5 amide bonds. The highest BCUT2D eigenvalue weighted by molar-refractivity contribution is 7.91. The van der Waals surface area contributed by atoms with Gasteiger partial charge in [-0.2, -0.15) is 4.31 Å². The highest BCUT2D eigenvalue weighted by atomic mass is 32.2. The van der Waals surface area contributed by atoms with E-state index in [0.717, 1.165) is 47.3 Å². The Morgan fingerprint density at radius 3 is 2.42 bits per heavy atom. The summed E-state index contributed by atoms with van der Waals surface area (Å²) in [6, 6.07) is 3.31. The van der Waals surface area contributed by atoms with Gasteiger partial charge in [0.15, 0.2) is 0 Å². The van der Waals surface area contributed by atoms with Crippen molar-refractivity contribution in [1.82, 2.24) is 19.4 Å². The number of benzene rings is 1. The van der Waals surface area contributed by atoms with Gasteiger partial charge in [0.05, 0.1) is 18.4 Å². The second-order valence-corrected chi connectivity index (χ2v) is 19.6. The molecule has 1 aromatic rings. The molecule has 3 aliphatic heterocycles. The molecule has 3 fully saturated rings. The van der Waals surface area contributed by atoms with Gasteiger partial charge in [-0.25, -0.2) is 18.0 Å². The molecule has 0 radical (unpaired) electrons. The van der Waals surface area contributed by atoms with E-state index in [0.29, 0.717) is 23.8 Å². The average Bonchev–Trinajstić information content (AvgIpc) is 3.96. The van der Waals surface area contributed by atoms with Crippen molar-refractivity contribution >= 4 is 39.9 Å². The summed E-state index contributed by atoms with van der Waals surface area (Å²) in [4.78, 5) is 72.9. The van der Waals surface area contributed by atoms with Crippen LogP contribution in [-0.4, -0.2) is 94.6 Å². The topological polar surface area (TPSA) is 186 Å². The number of carbonyl (C=O) groups excluding carboxylic acids is 5. The average molecular weight is 758 g/mol. The molecule has 5 atom stereocenters. The molecule has 4 bridgehead atoms. The Kier molecular flexibility index (Phi) is 10.4. The van der Waals surface area contributed by atoms with Crippen LogP contribution < -0.4 is 11.1 Å². The third kappa shape index (κ3) is 7.92. The van der Waals surface area contributed by atoms with Gasteiger partial charge in [0.2, 0.25) is 15.9 Å². The normalized spacial score (nSPS) is 29.5. The van der Waals surface area contributed by atoms with Crippen LogP contribution >= 0.6 is 0 Å². The molecular weight excluding hydrogens is 703 g/mol. The third-order valence-corrected chi connectivity index (χ3v) is 13.8. The number of sulfonamides is 1. The zero-order valence-electron chi connectivity index (χ0n) is 31.8. The Hall–Kier alpha value is -3.72. The van der Waals surface area contributed by atoms with E-state index in [9.17, 15) is 32.4 Å². The maximum Gasteiger partial charge on any atom is 0.410 e. The molecule has 53 heavy (non-hydrogen) atoms. The summed E-state index contributed by atoms with van der Waals surface area (Å²) < 4.78 is 39.7. The van der Waals surface area contributed by atoms with Crippen molar-refractivity contribution in [2.24, 2.45) is 22.5 Å². The molecule has 1 saturated heterocycles. The van der Waals surface area contributed by atoms with E-state index in [2.05, 4.69) is 11.4 Å². The molecule has 15 heteroatoms. The molecule has 14 nitrogen and oxygen atoms in total. The minimum atomic E-state index is -4.45. The van der Waals surface area contributed by atoms with Crippen LogP contribution in [0, 0.1) is 16.7 Å². The van der Waals surface area contributed by atoms with Crippen molar-refractivity contribution in [3.8, 4) is 0 Å². The van der Waals surface area contributed by atoms with Crippen LogP contribution in [-0.2, 0) is 53.4 Å². The first-order valence-corrected chi connectivity index (χ1v) is 20.5. The van der Waals surface area contributed by atoms with E-state index >= 15 is 0 Å². The van der Waals surface area contributed by atoms with Gasteiger partial charge in [0.25, 0.3) is 11.8 Å². The minimum Gasteiger partial charge on any atom is -0.449 e. The number of hydrogen-bond donors (Lipinski definition) is 2. The number of cyclic esters (lactones) is 1. The molecule has 5 aliphatic rings. The summed E-state index contributed by atoms with van der Waals surface area (Å²) in [6.07, 6.45) is 2.02. The lowest BCUT2D eigenvalue weighted by Gasteiger charge is -2.36. The SMILES string of the molecule is CC[C@@H]1C[C@]1(N)C(=O)N(C(=O)[C@@H]1C[C@@H]2CN1C(=O)[C@H](C(C)(C)C)NC(=O)OCC(C)(C)CCCCc1cccc3c1CN(C3)C(=O)O2)S(=O)(=O)C1CC1. The second-order valence-electron chi connectivity index (χ2n) is 17.6. The number of fused-ring (bicyclic) bond motifs is 3. The number of rotatable bonds is 5. The molecule has 1 aromatic carbocycles. The van der Waals surface area contributed by atoms with Gasteiger partial charge >= 0.3 is 12.2 Å². The van der Waals surface area contributed by atoms with Crippen LogP contribution in [0.5, 0.6) is 0 Å². The summed E-state index contributed by atoms with van der Waals surface area (Å²) in [6.45, 7) is 11.6. The highest BCUT2D eigenvalue weighted by Gasteiger charge is 2.62. The van der Waals surface area contributed by atoms with Gasteiger partial charge in [0, 0.05) is 19.5 Å². The fourth-order valence-corrected chi connectivity index (χ4v) is 9.76. The van der Waals surface area contributed by atoms with E-state index in [1.54, 1.807) is 25.7 Å².